The van der Waals surface area contributed by atoms with Gasteiger partial charge in [-0.2, -0.15) is 0 Å². The quantitative estimate of drug-likeness (QED) is 0.720. The smallest absolute Gasteiger partial charge is 0.257 e. The van der Waals surface area contributed by atoms with Crippen molar-refractivity contribution in [2.24, 2.45) is 0 Å². The maximum atomic E-state index is 13.1. The van der Waals surface area contributed by atoms with Crippen LogP contribution in [0.4, 0.5) is 5.82 Å². The SMILES string of the molecule is O=C(c1cccnc1N1CCN(Cc2cccc(Cl)c2Cl)CC1)N1CCCCC1. The normalized spacial score (nSPS) is 18.1. The molecule has 0 unspecified atom stereocenters. The third-order valence-corrected chi connectivity index (χ3v) is 6.62. The molecule has 154 valence electrons. The number of carbonyl (C=O) groups is 1. The van der Waals surface area contributed by atoms with E-state index in [-0.39, 0.29) is 5.91 Å². The first kappa shape index (κ1) is 20.5. The van der Waals surface area contributed by atoms with Gasteiger partial charge in [0.2, 0.25) is 0 Å². The Morgan fingerprint density at radius 1 is 0.931 bits per heavy atom. The Kier molecular flexibility index (Phi) is 6.58. The number of rotatable bonds is 4. The van der Waals surface area contributed by atoms with E-state index >= 15 is 0 Å². The second-order valence-corrected chi connectivity index (χ2v) is 8.49. The molecular formula is C22H26Cl2N4O. The van der Waals surface area contributed by atoms with Gasteiger partial charge in [-0.3, -0.25) is 9.69 Å². The first-order valence-electron chi connectivity index (χ1n) is 10.3. The Hall–Kier alpha value is -1.82. The van der Waals surface area contributed by atoms with Crippen LogP contribution in [0, 0.1) is 0 Å². The van der Waals surface area contributed by atoms with Crippen molar-refractivity contribution in [2.45, 2.75) is 25.8 Å². The van der Waals surface area contributed by atoms with Gasteiger partial charge in [-0.15, -0.1) is 0 Å². The average Bonchev–Trinajstić information content (AvgIpc) is 2.77. The predicted molar refractivity (Wildman–Crippen MR) is 118 cm³/mol. The summed E-state index contributed by atoms with van der Waals surface area (Å²) in [5.74, 6) is 0.921. The molecule has 1 aromatic heterocycles. The van der Waals surface area contributed by atoms with Crippen molar-refractivity contribution in [1.82, 2.24) is 14.8 Å². The summed E-state index contributed by atoms with van der Waals surface area (Å²) in [6.45, 7) is 5.90. The zero-order valence-electron chi connectivity index (χ0n) is 16.5. The molecule has 3 heterocycles. The lowest BCUT2D eigenvalue weighted by Gasteiger charge is -2.36. The molecule has 1 aromatic carbocycles. The molecule has 2 saturated heterocycles. The van der Waals surface area contributed by atoms with Crippen molar-refractivity contribution in [3.63, 3.8) is 0 Å². The minimum Gasteiger partial charge on any atom is -0.353 e. The van der Waals surface area contributed by atoms with Gasteiger partial charge in [0.05, 0.1) is 15.6 Å². The van der Waals surface area contributed by atoms with E-state index in [9.17, 15) is 4.79 Å². The zero-order valence-corrected chi connectivity index (χ0v) is 18.0. The third-order valence-electron chi connectivity index (χ3n) is 5.76. The highest BCUT2D eigenvalue weighted by Gasteiger charge is 2.26. The molecule has 0 aliphatic carbocycles. The maximum absolute atomic E-state index is 13.1. The van der Waals surface area contributed by atoms with E-state index in [1.807, 2.05) is 35.2 Å². The van der Waals surface area contributed by atoms with E-state index in [1.165, 1.54) is 6.42 Å². The number of likely N-dealkylation sites (tertiary alicyclic amines) is 1. The Labute approximate surface area is 182 Å². The summed E-state index contributed by atoms with van der Waals surface area (Å²) in [6, 6.07) is 9.55. The molecule has 2 aliphatic rings. The lowest BCUT2D eigenvalue weighted by Crippen LogP contribution is -2.47. The van der Waals surface area contributed by atoms with Crippen LogP contribution < -0.4 is 4.90 Å². The number of hydrogen-bond acceptors (Lipinski definition) is 4. The number of benzene rings is 1. The van der Waals surface area contributed by atoms with Crippen molar-refractivity contribution in [3.8, 4) is 0 Å². The molecule has 0 atom stereocenters. The van der Waals surface area contributed by atoms with Crippen molar-refractivity contribution in [3.05, 3.63) is 57.7 Å². The summed E-state index contributed by atoms with van der Waals surface area (Å²) in [5, 5.41) is 1.23. The molecule has 0 saturated carbocycles. The number of piperazine rings is 1. The van der Waals surface area contributed by atoms with Gasteiger partial charge in [0.1, 0.15) is 5.82 Å². The molecule has 2 aromatic rings. The number of pyridine rings is 1. The molecule has 5 nitrogen and oxygen atoms in total. The van der Waals surface area contributed by atoms with Gasteiger partial charge in [0.15, 0.2) is 0 Å². The van der Waals surface area contributed by atoms with Crippen molar-refractivity contribution in [1.29, 1.82) is 0 Å². The first-order valence-corrected chi connectivity index (χ1v) is 11.0. The lowest BCUT2D eigenvalue weighted by atomic mass is 10.1. The van der Waals surface area contributed by atoms with Crippen LogP contribution in [0.2, 0.25) is 10.0 Å². The van der Waals surface area contributed by atoms with E-state index in [2.05, 4.69) is 14.8 Å². The van der Waals surface area contributed by atoms with Gasteiger partial charge < -0.3 is 9.80 Å². The first-order chi connectivity index (χ1) is 14.1. The van der Waals surface area contributed by atoms with E-state index in [0.29, 0.717) is 10.0 Å². The monoisotopic (exact) mass is 432 g/mol. The van der Waals surface area contributed by atoms with Crippen LogP contribution in [0.15, 0.2) is 36.5 Å². The fourth-order valence-electron chi connectivity index (χ4n) is 4.11. The fraction of sp³-hybridized carbons (Fsp3) is 0.455. The lowest BCUT2D eigenvalue weighted by molar-refractivity contribution is 0.0724. The molecular weight excluding hydrogens is 407 g/mol. The largest absolute Gasteiger partial charge is 0.353 e. The van der Waals surface area contributed by atoms with E-state index < -0.39 is 0 Å². The minimum atomic E-state index is 0.112. The summed E-state index contributed by atoms with van der Waals surface area (Å²) in [6.07, 6.45) is 5.17. The molecule has 0 bridgehead atoms. The van der Waals surface area contributed by atoms with Crippen LogP contribution in [-0.4, -0.2) is 60.0 Å². The highest BCUT2D eigenvalue weighted by Crippen LogP contribution is 2.27. The number of piperidine rings is 1. The Morgan fingerprint density at radius 3 is 2.45 bits per heavy atom. The second kappa shape index (κ2) is 9.33. The van der Waals surface area contributed by atoms with Gasteiger partial charge >= 0.3 is 0 Å². The van der Waals surface area contributed by atoms with Crippen LogP contribution in [-0.2, 0) is 6.54 Å². The van der Waals surface area contributed by atoms with Gasteiger partial charge in [0, 0.05) is 52.0 Å². The topological polar surface area (TPSA) is 39.7 Å². The van der Waals surface area contributed by atoms with E-state index in [1.54, 1.807) is 6.20 Å². The number of aromatic nitrogens is 1. The van der Waals surface area contributed by atoms with Crippen LogP contribution >= 0.6 is 23.2 Å². The molecule has 4 rings (SSSR count). The third kappa shape index (κ3) is 4.68. The number of hydrogen-bond donors (Lipinski definition) is 0. The highest BCUT2D eigenvalue weighted by atomic mass is 35.5. The van der Waals surface area contributed by atoms with Gasteiger partial charge in [0.25, 0.3) is 5.91 Å². The van der Waals surface area contributed by atoms with E-state index in [4.69, 9.17) is 23.2 Å². The van der Waals surface area contributed by atoms with Crippen LogP contribution in [0.1, 0.15) is 35.2 Å². The van der Waals surface area contributed by atoms with Gasteiger partial charge in [-0.1, -0.05) is 35.3 Å². The van der Waals surface area contributed by atoms with E-state index in [0.717, 1.165) is 75.6 Å². The molecule has 0 radical (unpaired) electrons. The van der Waals surface area contributed by atoms with Crippen LogP contribution in [0.3, 0.4) is 0 Å². The summed E-state index contributed by atoms with van der Waals surface area (Å²) in [7, 11) is 0. The Balaban J connectivity index is 1.42. The van der Waals surface area contributed by atoms with Crippen LogP contribution in [0.5, 0.6) is 0 Å². The van der Waals surface area contributed by atoms with Crippen molar-refractivity contribution >= 4 is 34.9 Å². The van der Waals surface area contributed by atoms with Gasteiger partial charge in [-0.05, 0) is 43.0 Å². The van der Waals surface area contributed by atoms with Crippen molar-refractivity contribution in [2.75, 3.05) is 44.2 Å². The molecule has 0 N–H and O–H groups in total. The molecule has 7 heteroatoms. The molecule has 0 spiro atoms. The maximum Gasteiger partial charge on any atom is 0.257 e. The highest BCUT2D eigenvalue weighted by molar-refractivity contribution is 6.42. The predicted octanol–water partition coefficient (Wildman–Crippen LogP) is 4.34. The number of anilines is 1. The minimum absolute atomic E-state index is 0.112. The molecule has 29 heavy (non-hydrogen) atoms. The summed E-state index contributed by atoms with van der Waals surface area (Å²) in [5.41, 5.74) is 1.77. The van der Waals surface area contributed by atoms with Crippen LogP contribution in [0.25, 0.3) is 0 Å². The fourth-order valence-corrected chi connectivity index (χ4v) is 4.49. The summed E-state index contributed by atoms with van der Waals surface area (Å²) >= 11 is 12.5. The van der Waals surface area contributed by atoms with Crippen molar-refractivity contribution < 1.29 is 4.79 Å². The standard InChI is InChI=1S/C22H26Cl2N4O/c23-19-8-4-6-17(20(19)24)16-26-12-14-27(15-13-26)21-18(7-5-9-25-21)22(29)28-10-2-1-3-11-28/h4-9H,1-3,10-16H2. The Bertz CT molecular complexity index is 862. The second-order valence-electron chi connectivity index (χ2n) is 7.70. The average molecular weight is 433 g/mol. The molecule has 1 amide bonds. The zero-order chi connectivity index (χ0) is 20.2. The number of carbonyl (C=O) groups excluding carboxylic acids is 1. The summed E-state index contributed by atoms with van der Waals surface area (Å²) < 4.78 is 0. The molecule has 2 aliphatic heterocycles. The summed E-state index contributed by atoms with van der Waals surface area (Å²) in [4.78, 5) is 24.2. The number of nitrogens with zero attached hydrogens (tertiary/aromatic N) is 4. The number of amides is 1. The van der Waals surface area contributed by atoms with Gasteiger partial charge in [-0.25, -0.2) is 4.98 Å². The Morgan fingerprint density at radius 2 is 1.69 bits per heavy atom. The number of halogens is 2. The molecule has 2 fully saturated rings.